The van der Waals surface area contributed by atoms with E-state index in [-0.39, 0.29) is 5.82 Å². The molecule has 0 unspecified atom stereocenters. The minimum Gasteiger partial charge on any atom is -0.478 e. The van der Waals surface area contributed by atoms with Crippen molar-refractivity contribution in [2.75, 3.05) is 0 Å². The van der Waals surface area contributed by atoms with E-state index >= 15 is 0 Å². The maximum Gasteiger partial charge on any atom is 0.335 e. The van der Waals surface area contributed by atoms with Gasteiger partial charge in [-0.25, -0.2) is 9.18 Å². The van der Waals surface area contributed by atoms with Gasteiger partial charge in [0, 0.05) is 23.1 Å². The van der Waals surface area contributed by atoms with Gasteiger partial charge in [0.05, 0.1) is 5.56 Å². The average molecular weight is 337 g/mol. The molecule has 0 fully saturated rings. The molecule has 128 valence electrons. The van der Waals surface area contributed by atoms with Crippen molar-refractivity contribution < 1.29 is 14.3 Å². The zero-order chi connectivity index (χ0) is 17.4. The number of rotatable bonds is 3. The standard InChI is InChI=1S/C21H20FNO2/c22-16-6-4-5-14(11-16)13-23-19-8-3-1-2-7-17(19)18-10-9-15(21(24)25)12-20(18)23/h4-6,9-12H,1-3,7-8,13H2,(H,24,25). The number of nitrogens with zero attached hydrogens (tertiary/aromatic N) is 1. The Hall–Kier alpha value is -2.62. The van der Waals surface area contributed by atoms with Gasteiger partial charge in [-0.1, -0.05) is 24.6 Å². The van der Waals surface area contributed by atoms with Crippen molar-refractivity contribution in [1.82, 2.24) is 4.57 Å². The van der Waals surface area contributed by atoms with E-state index < -0.39 is 5.97 Å². The number of carboxylic acid groups (broad SMARTS) is 1. The molecule has 0 radical (unpaired) electrons. The number of aromatic nitrogens is 1. The second kappa shape index (κ2) is 6.36. The van der Waals surface area contributed by atoms with Crippen molar-refractivity contribution in [2.24, 2.45) is 0 Å². The molecule has 1 aliphatic carbocycles. The van der Waals surface area contributed by atoms with Crippen molar-refractivity contribution in [3.63, 3.8) is 0 Å². The molecule has 0 saturated carbocycles. The quantitative estimate of drug-likeness (QED) is 0.698. The van der Waals surface area contributed by atoms with Gasteiger partial charge in [-0.15, -0.1) is 0 Å². The van der Waals surface area contributed by atoms with Crippen LogP contribution in [0.5, 0.6) is 0 Å². The van der Waals surface area contributed by atoms with Gasteiger partial charge in [0.15, 0.2) is 0 Å². The number of halogens is 1. The van der Waals surface area contributed by atoms with Crippen LogP contribution in [0.2, 0.25) is 0 Å². The lowest BCUT2D eigenvalue weighted by Gasteiger charge is -2.12. The first-order valence-corrected chi connectivity index (χ1v) is 8.75. The van der Waals surface area contributed by atoms with E-state index in [1.165, 1.54) is 23.7 Å². The Labute approximate surface area is 145 Å². The van der Waals surface area contributed by atoms with Crippen LogP contribution in [-0.4, -0.2) is 15.6 Å². The second-order valence-corrected chi connectivity index (χ2v) is 6.74. The van der Waals surface area contributed by atoms with E-state index in [1.807, 2.05) is 12.1 Å². The summed E-state index contributed by atoms with van der Waals surface area (Å²) < 4.78 is 15.8. The van der Waals surface area contributed by atoms with Crippen LogP contribution in [0.15, 0.2) is 42.5 Å². The highest BCUT2D eigenvalue weighted by molar-refractivity contribution is 5.95. The normalized spacial score (nSPS) is 14.3. The molecule has 4 heteroatoms. The number of hydrogen-bond donors (Lipinski definition) is 1. The average Bonchev–Trinajstić information content (AvgIpc) is 2.75. The summed E-state index contributed by atoms with van der Waals surface area (Å²) in [6.45, 7) is 0.562. The maximum atomic E-state index is 13.6. The molecule has 1 heterocycles. The molecule has 4 rings (SSSR count). The van der Waals surface area contributed by atoms with Crippen molar-refractivity contribution in [1.29, 1.82) is 0 Å². The molecule has 3 aromatic rings. The van der Waals surface area contributed by atoms with E-state index in [2.05, 4.69) is 4.57 Å². The van der Waals surface area contributed by atoms with Gasteiger partial charge in [-0.05, 0) is 61.1 Å². The SMILES string of the molecule is O=C(O)c1ccc2c3c(n(Cc4cccc(F)c4)c2c1)CCCCC3. The Balaban J connectivity index is 1.91. The highest BCUT2D eigenvalue weighted by atomic mass is 19.1. The molecular weight excluding hydrogens is 317 g/mol. The molecule has 0 atom stereocenters. The van der Waals surface area contributed by atoms with E-state index in [9.17, 15) is 14.3 Å². The Kier molecular flexibility index (Phi) is 4.04. The fraction of sp³-hybridized carbons (Fsp3) is 0.286. The first-order chi connectivity index (χ1) is 12.1. The minimum absolute atomic E-state index is 0.244. The van der Waals surface area contributed by atoms with Gasteiger partial charge in [-0.2, -0.15) is 0 Å². The van der Waals surface area contributed by atoms with Crippen LogP contribution in [0.1, 0.15) is 46.4 Å². The molecule has 0 saturated heterocycles. The van der Waals surface area contributed by atoms with Gasteiger partial charge in [0.1, 0.15) is 5.82 Å². The number of aryl methyl sites for hydroxylation is 1. The van der Waals surface area contributed by atoms with Crippen LogP contribution in [0, 0.1) is 5.82 Å². The van der Waals surface area contributed by atoms with Crippen molar-refractivity contribution in [2.45, 2.75) is 38.6 Å². The lowest BCUT2D eigenvalue weighted by Crippen LogP contribution is -2.06. The summed E-state index contributed by atoms with van der Waals surface area (Å²) in [5.41, 5.74) is 4.74. The van der Waals surface area contributed by atoms with Gasteiger partial charge >= 0.3 is 5.97 Å². The van der Waals surface area contributed by atoms with Crippen LogP contribution < -0.4 is 0 Å². The number of carboxylic acids is 1. The fourth-order valence-corrected chi connectivity index (χ4v) is 3.94. The molecule has 2 aromatic carbocycles. The largest absolute Gasteiger partial charge is 0.478 e. The number of hydrogen-bond acceptors (Lipinski definition) is 1. The number of carbonyl (C=O) groups is 1. The summed E-state index contributed by atoms with van der Waals surface area (Å²) in [4.78, 5) is 11.4. The molecule has 1 N–H and O–H groups in total. The van der Waals surface area contributed by atoms with Crippen LogP contribution in [0.25, 0.3) is 10.9 Å². The van der Waals surface area contributed by atoms with Crippen molar-refractivity contribution in [3.8, 4) is 0 Å². The molecule has 0 aliphatic heterocycles. The molecule has 0 bridgehead atoms. The van der Waals surface area contributed by atoms with Crippen LogP contribution in [0.3, 0.4) is 0 Å². The van der Waals surface area contributed by atoms with E-state index in [1.54, 1.807) is 24.3 Å². The van der Waals surface area contributed by atoms with Crippen LogP contribution >= 0.6 is 0 Å². The Morgan fingerprint density at radius 1 is 1.08 bits per heavy atom. The monoisotopic (exact) mass is 337 g/mol. The third-order valence-electron chi connectivity index (χ3n) is 5.10. The number of fused-ring (bicyclic) bond motifs is 3. The minimum atomic E-state index is -0.921. The van der Waals surface area contributed by atoms with Crippen molar-refractivity contribution in [3.05, 3.63) is 70.7 Å². The fourth-order valence-electron chi connectivity index (χ4n) is 3.94. The molecule has 3 nitrogen and oxygen atoms in total. The predicted molar refractivity (Wildman–Crippen MR) is 95.7 cm³/mol. The third kappa shape index (κ3) is 2.93. The molecule has 0 amide bonds. The van der Waals surface area contributed by atoms with Gasteiger partial charge in [0.2, 0.25) is 0 Å². The zero-order valence-electron chi connectivity index (χ0n) is 14.0. The zero-order valence-corrected chi connectivity index (χ0v) is 14.0. The summed E-state index contributed by atoms with van der Waals surface area (Å²) in [6, 6.07) is 12.0. The molecule has 0 spiro atoms. The number of aromatic carboxylic acids is 1. The topological polar surface area (TPSA) is 42.2 Å². The second-order valence-electron chi connectivity index (χ2n) is 6.74. The predicted octanol–water partition coefficient (Wildman–Crippen LogP) is 4.80. The first-order valence-electron chi connectivity index (χ1n) is 8.75. The number of benzene rings is 2. The lowest BCUT2D eigenvalue weighted by molar-refractivity contribution is 0.0697. The highest BCUT2D eigenvalue weighted by Gasteiger charge is 2.20. The van der Waals surface area contributed by atoms with E-state index in [0.717, 1.165) is 42.1 Å². The van der Waals surface area contributed by atoms with E-state index in [0.29, 0.717) is 12.1 Å². The lowest BCUT2D eigenvalue weighted by atomic mass is 10.1. The first kappa shape index (κ1) is 15.9. The summed E-state index contributed by atoms with van der Waals surface area (Å²) in [6.07, 6.45) is 5.52. The third-order valence-corrected chi connectivity index (χ3v) is 5.10. The smallest absolute Gasteiger partial charge is 0.335 e. The van der Waals surface area contributed by atoms with Gasteiger partial charge < -0.3 is 9.67 Å². The van der Waals surface area contributed by atoms with E-state index in [4.69, 9.17) is 0 Å². The van der Waals surface area contributed by atoms with Gasteiger partial charge in [-0.3, -0.25) is 0 Å². The Bertz CT molecular complexity index is 958. The highest BCUT2D eigenvalue weighted by Crippen LogP contribution is 2.33. The molecule has 25 heavy (non-hydrogen) atoms. The molecule has 1 aromatic heterocycles. The Morgan fingerprint density at radius 2 is 1.92 bits per heavy atom. The summed E-state index contributed by atoms with van der Waals surface area (Å²) in [5, 5.41) is 10.5. The van der Waals surface area contributed by atoms with Crippen LogP contribution in [-0.2, 0) is 19.4 Å². The molecule has 1 aliphatic rings. The summed E-state index contributed by atoms with van der Waals surface area (Å²) >= 11 is 0. The van der Waals surface area contributed by atoms with Crippen LogP contribution in [0.4, 0.5) is 4.39 Å². The molecular formula is C21H20FNO2. The summed E-state index contributed by atoms with van der Waals surface area (Å²) in [7, 11) is 0. The van der Waals surface area contributed by atoms with Gasteiger partial charge in [0.25, 0.3) is 0 Å². The van der Waals surface area contributed by atoms with Crippen molar-refractivity contribution >= 4 is 16.9 Å². The summed E-state index contributed by atoms with van der Waals surface area (Å²) in [5.74, 6) is -1.16. The maximum absolute atomic E-state index is 13.6. The Morgan fingerprint density at radius 3 is 2.72 bits per heavy atom.